The SMILES string of the molecule is CC1CC(C)(C)CC1(O)C(N)=O. The average molecular weight is 171 g/mol. The van der Waals surface area contributed by atoms with E-state index in [0.717, 1.165) is 6.42 Å². The molecule has 0 aromatic rings. The molecule has 1 saturated carbocycles. The molecule has 0 spiro atoms. The summed E-state index contributed by atoms with van der Waals surface area (Å²) in [4.78, 5) is 11.0. The molecule has 0 bridgehead atoms. The Morgan fingerprint density at radius 2 is 2.08 bits per heavy atom. The number of aliphatic hydroxyl groups is 1. The van der Waals surface area contributed by atoms with Gasteiger partial charge in [-0.05, 0) is 24.2 Å². The molecule has 2 atom stereocenters. The van der Waals surface area contributed by atoms with Crippen molar-refractivity contribution in [1.29, 1.82) is 0 Å². The Labute approximate surface area is 72.9 Å². The van der Waals surface area contributed by atoms with Gasteiger partial charge in [0.15, 0.2) is 0 Å². The van der Waals surface area contributed by atoms with Crippen molar-refractivity contribution in [3.05, 3.63) is 0 Å². The van der Waals surface area contributed by atoms with Crippen molar-refractivity contribution in [3.8, 4) is 0 Å². The fourth-order valence-electron chi connectivity index (χ4n) is 2.30. The third-order valence-corrected chi connectivity index (χ3v) is 2.85. The van der Waals surface area contributed by atoms with E-state index >= 15 is 0 Å². The van der Waals surface area contributed by atoms with Crippen LogP contribution in [0.2, 0.25) is 0 Å². The first-order chi connectivity index (χ1) is 5.28. The second kappa shape index (κ2) is 2.46. The Hall–Kier alpha value is -0.570. The summed E-state index contributed by atoms with van der Waals surface area (Å²) in [5.74, 6) is -0.606. The Balaban J connectivity index is 2.89. The van der Waals surface area contributed by atoms with Crippen LogP contribution in [0.1, 0.15) is 33.6 Å². The van der Waals surface area contributed by atoms with Crippen molar-refractivity contribution in [1.82, 2.24) is 0 Å². The van der Waals surface area contributed by atoms with Gasteiger partial charge in [0.2, 0.25) is 5.91 Å². The first-order valence-electron chi connectivity index (χ1n) is 4.30. The van der Waals surface area contributed by atoms with Crippen molar-refractivity contribution in [2.24, 2.45) is 17.1 Å². The maximum Gasteiger partial charge on any atom is 0.249 e. The van der Waals surface area contributed by atoms with Crippen LogP contribution in [0.5, 0.6) is 0 Å². The van der Waals surface area contributed by atoms with Crippen molar-refractivity contribution >= 4 is 5.91 Å². The fourth-order valence-corrected chi connectivity index (χ4v) is 2.30. The third kappa shape index (κ3) is 1.33. The quantitative estimate of drug-likeness (QED) is 0.608. The molecule has 1 aliphatic rings. The number of carbonyl (C=O) groups is 1. The van der Waals surface area contributed by atoms with Crippen molar-refractivity contribution in [2.75, 3.05) is 0 Å². The van der Waals surface area contributed by atoms with E-state index in [-0.39, 0.29) is 11.3 Å². The third-order valence-electron chi connectivity index (χ3n) is 2.85. The van der Waals surface area contributed by atoms with E-state index in [1.807, 2.05) is 20.8 Å². The summed E-state index contributed by atoms with van der Waals surface area (Å²) < 4.78 is 0. The molecular weight excluding hydrogens is 154 g/mol. The highest BCUT2D eigenvalue weighted by atomic mass is 16.3. The molecule has 0 aliphatic heterocycles. The minimum Gasteiger partial charge on any atom is -0.380 e. The van der Waals surface area contributed by atoms with E-state index in [9.17, 15) is 9.90 Å². The molecule has 0 aromatic carbocycles. The fraction of sp³-hybridized carbons (Fsp3) is 0.889. The number of carbonyl (C=O) groups excluding carboxylic acids is 1. The number of nitrogens with two attached hydrogens (primary N) is 1. The molecule has 0 aromatic heterocycles. The van der Waals surface area contributed by atoms with Crippen LogP contribution in [0.15, 0.2) is 0 Å². The highest BCUT2D eigenvalue weighted by Gasteiger charge is 2.51. The lowest BCUT2D eigenvalue weighted by atomic mass is 9.89. The summed E-state index contributed by atoms with van der Waals surface area (Å²) >= 11 is 0. The summed E-state index contributed by atoms with van der Waals surface area (Å²) in [6.45, 7) is 5.97. The molecule has 0 heterocycles. The van der Waals surface area contributed by atoms with Crippen molar-refractivity contribution < 1.29 is 9.90 Å². The summed E-state index contributed by atoms with van der Waals surface area (Å²) in [5, 5.41) is 9.90. The van der Waals surface area contributed by atoms with Gasteiger partial charge in [-0.15, -0.1) is 0 Å². The van der Waals surface area contributed by atoms with Crippen molar-refractivity contribution in [2.45, 2.75) is 39.2 Å². The van der Waals surface area contributed by atoms with E-state index < -0.39 is 11.5 Å². The van der Waals surface area contributed by atoms with Gasteiger partial charge in [0.25, 0.3) is 0 Å². The Morgan fingerprint density at radius 3 is 2.25 bits per heavy atom. The first-order valence-corrected chi connectivity index (χ1v) is 4.30. The zero-order valence-electron chi connectivity index (χ0n) is 7.92. The molecule has 3 nitrogen and oxygen atoms in total. The van der Waals surface area contributed by atoms with Crippen LogP contribution in [0.25, 0.3) is 0 Å². The lowest BCUT2D eigenvalue weighted by molar-refractivity contribution is -0.139. The van der Waals surface area contributed by atoms with Crippen LogP contribution in [0.4, 0.5) is 0 Å². The lowest BCUT2D eigenvalue weighted by Gasteiger charge is -2.24. The number of hydrogen-bond acceptors (Lipinski definition) is 2. The highest BCUT2D eigenvalue weighted by molar-refractivity contribution is 5.84. The van der Waals surface area contributed by atoms with Crippen LogP contribution in [0.3, 0.4) is 0 Å². The van der Waals surface area contributed by atoms with Gasteiger partial charge in [-0.3, -0.25) is 4.79 Å². The van der Waals surface area contributed by atoms with Gasteiger partial charge < -0.3 is 10.8 Å². The first kappa shape index (κ1) is 9.52. The molecule has 12 heavy (non-hydrogen) atoms. The topological polar surface area (TPSA) is 63.3 Å². The summed E-state index contributed by atoms with van der Waals surface area (Å²) in [6, 6.07) is 0. The smallest absolute Gasteiger partial charge is 0.249 e. The van der Waals surface area contributed by atoms with Gasteiger partial charge >= 0.3 is 0 Å². The number of amides is 1. The highest BCUT2D eigenvalue weighted by Crippen LogP contribution is 2.47. The minimum atomic E-state index is -1.27. The van der Waals surface area contributed by atoms with Crippen LogP contribution >= 0.6 is 0 Å². The number of rotatable bonds is 1. The van der Waals surface area contributed by atoms with Gasteiger partial charge in [0.05, 0.1) is 0 Å². The van der Waals surface area contributed by atoms with E-state index in [1.165, 1.54) is 0 Å². The van der Waals surface area contributed by atoms with Crippen LogP contribution in [-0.4, -0.2) is 16.6 Å². The molecule has 2 unspecified atom stereocenters. The number of hydrogen-bond donors (Lipinski definition) is 2. The van der Waals surface area contributed by atoms with E-state index in [0.29, 0.717) is 6.42 Å². The largest absolute Gasteiger partial charge is 0.380 e. The molecule has 3 heteroatoms. The average Bonchev–Trinajstić information content (AvgIpc) is 2.03. The monoisotopic (exact) mass is 171 g/mol. The maximum absolute atomic E-state index is 11.0. The zero-order chi connectivity index (χ0) is 9.57. The molecule has 1 amide bonds. The van der Waals surface area contributed by atoms with E-state index in [2.05, 4.69) is 0 Å². The van der Waals surface area contributed by atoms with Gasteiger partial charge in [-0.1, -0.05) is 20.8 Å². The predicted octanol–water partition coefficient (Wildman–Crippen LogP) is 0.659. The lowest BCUT2D eigenvalue weighted by Crippen LogP contribution is -2.46. The van der Waals surface area contributed by atoms with E-state index in [4.69, 9.17) is 5.73 Å². The summed E-state index contributed by atoms with van der Waals surface area (Å²) in [5.41, 5.74) is 3.91. The van der Waals surface area contributed by atoms with Crippen LogP contribution in [-0.2, 0) is 4.79 Å². The van der Waals surface area contributed by atoms with Gasteiger partial charge in [0.1, 0.15) is 5.60 Å². The molecule has 0 radical (unpaired) electrons. The summed E-state index contributed by atoms with van der Waals surface area (Å²) in [7, 11) is 0. The van der Waals surface area contributed by atoms with Crippen LogP contribution < -0.4 is 5.73 Å². The normalized spacial score (nSPS) is 39.8. The molecule has 3 N–H and O–H groups in total. The van der Waals surface area contributed by atoms with E-state index in [1.54, 1.807) is 0 Å². The van der Waals surface area contributed by atoms with Gasteiger partial charge in [0, 0.05) is 0 Å². The van der Waals surface area contributed by atoms with Gasteiger partial charge in [-0.25, -0.2) is 0 Å². The molecule has 1 fully saturated rings. The molecule has 1 aliphatic carbocycles. The van der Waals surface area contributed by atoms with Crippen LogP contribution in [0, 0.1) is 11.3 Å². The molecule has 1 rings (SSSR count). The second-order valence-corrected chi connectivity index (χ2v) is 4.73. The Bertz CT molecular complexity index is 213. The predicted molar refractivity (Wildman–Crippen MR) is 46.3 cm³/mol. The minimum absolute atomic E-state index is 0.0231. The molecule has 0 saturated heterocycles. The zero-order valence-corrected chi connectivity index (χ0v) is 7.92. The number of primary amides is 1. The summed E-state index contributed by atoms with van der Waals surface area (Å²) in [6.07, 6.45) is 1.34. The molecule has 70 valence electrons. The van der Waals surface area contributed by atoms with Gasteiger partial charge in [-0.2, -0.15) is 0 Å². The standard InChI is InChI=1S/C9H17NO2/c1-6-4-8(2,3)5-9(6,12)7(10)11/h6,12H,4-5H2,1-3H3,(H2,10,11). The molecular formula is C9H17NO2. The maximum atomic E-state index is 11.0. The van der Waals surface area contributed by atoms with Crippen molar-refractivity contribution in [3.63, 3.8) is 0 Å². The second-order valence-electron chi connectivity index (χ2n) is 4.73. The Morgan fingerprint density at radius 1 is 1.58 bits per heavy atom. The Kier molecular flexibility index (Phi) is 1.95.